The van der Waals surface area contributed by atoms with E-state index in [0.717, 1.165) is 35.7 Å². The number of nitrogens with zero attached hydrogens (tertiary/aromatic N) is 2. The van der Waals surface area contributed by atoms with Crippen LogP contribution in [0.3, 0.4) is 0 Å². The molecule has 2 amide bonds. The number of amides is 2. The number of carbonyl (C=O) groups excluding carboxylic acids is 1. The van der Waals surface area contributed by atoms with Crippen LogP contribution in [0.25, 0.3) is 22.2 Å². The highest BCUT2D eigenvalue weighted by atomic mass is 19.1. The summed E-state index contributed by atoms with van der Waals surface area (Å²) in [5.74, 6) is -0.806. The minimum atomic E-state index is -0.636. The van der Waals surface area contributed by atoms with Crippen LogP contribution in [-0.2, 0) is 0 Å². The number of benzene rings is 3. The number of aromatic nitrogens is 1. The maximum Gasteiger partial charge on any atom is 0.322 e. The van der Waals surface area contributed by atoms with Gasteiger partial charge in [-0.2, -0.15) is 0 Å². The summed E-state index contributed by atoms with van der Waals surface area (Å²) in [6.45, 7) is 4.58. The largest absolute Gasteiger partial charge is 0.438 e. The highest BCUT2D eigenvalue weighted by Crippen LogP contribution is 2.35. The maximum atomic E-state index is 14.2. The standard InChI is InChI=1S/C26H23F2N3O2/c1-15-5-9-21(16(2)12-15)30-26(32)31-11-3-4-23(31)25-29-22-13-17(6-10-24(22)33-25)19-8-7-18(27)14-20(19)28/h5-10,12-14,23H,3-4,11H2,1-2H3,(H,30,32)/t23-/m0/s1. The number of carbonyl (C=O) groups is 1. The molecule has 0 radical (unpaired) electrons. The molecule has 5 rings (SSSR count). The van der Waals surface area contributed by atoms with E-state index in [2.05, 4.69) is 10.3 Å². The normalized spacial score (nSPS) is 15.9. The molecule has 168 valence electrons. The molecule has 4 aromatic rings. The average molecular weight is 447 g/mol. The van der Waals surface area contributed by atoms with Gasteiger partial charge < -0.3 is 14.6 Å². The van der Waals surface area contributed by atoms with Gasteiger partial charge in [0.15, 0.2) is 5.58 Å². The Bertz CT molecular complexity index is 1370. The van der Waals surface area contributed by atoms with Gasteiger partial charge in [0.2, 0.25) is 5.89 Å². The van der Waals surface area contributed by atoms with Crippen molar-refractivity contribution in [3.63, 3.8) is 0 Å². The second-order valence-corrected chi connectivity index (χ2v) is 8.46. The summed E-state index contributed by atoms with van der Waals surface area (Å²) >= 11 is 0. The molecule has 0 spiro atoms. The molecule has 2 heterocycles. The zero-order valence-corrected chi connectivity index (χ0v) is 18.4. The Balaban J connectivity index is 1.41. The van der Waals surface area contributed by atoms with Crippen LogP contribution in [0.1, 0.15) is 35.9 Å². The van der Waals surface area contributed by atoms with Crippen molar-refractivity contribution in [2.45, 2.75) is 32.7 Å². The van der Waals surface area contributed by atoms with Crippen molar-refractivity contribution in [1.29, 1.82) is 0 Å². The fourth-order valence-electron chi connectivity index (χ4n) is 4.39. The lowest BCUT2D eigenvalue weighted by Crippen LogP contribution is -2.34. The summed E-state index contributed by atoms with van der Waals surface area (Å²) in [6, 6.07) is 14.1. The van der Waals surface area contributed by atoms with Crippen molar-refractivity contribution >= 4 is 22.8 Å². The number of aryl methyl sites for hydroxylation is 2. The Kier molecular flexibility index (Phi) is 5.32. The summed E-state index contributed by atoms with van der Waals surface area (Å²) in [5.41, 5.74) is 4.90. The van der Waals surface area contributed by atoms with E-state index in [1.807, 2.05) is 32.0 Å². The van der Waals surface area contributed by atoms with Crippen molar-refractivity contribution in [2.24, 2.45) is 0 Å². The second-order valence-electron chi connectivity index (χ2n) is 8.46. The summed E-state index contributed by atoms with van der Waals surface area (Å²) in [7, 11) is 0. The van der Waals surface area contributed by atoms with Gasteiger partial charge in [0, 0.05) is 23.9 Å². The molecule has 3 aromatic carbocycles. The van der Waals surface area contributed by atoms with E-state index in [-0.39, 0.29) is 17.6 Å². The van der Waals surface area contributed by atoms with E-state index in [0.29, 0.717) is 29.1 Å². The van der Waals surface area contributed by atoms with Crippen LogP contribution < -0.4 is 5.32 Å². The molecule has 1 aliphatic heterocycles. The Labute approximate surface area is 190 Å². The second kappa shape index (κ2) is 8.31. The topological polar surface area (TPSA) is 58.4 Å². The molecule has 1 fully saturated rings. The first-order valence-corrected chi connectivity index (χ1v) is 10.9. The maximum absolute atomic E-state index is 14.2. The molecule has 7 heteroatoms. The lowest BCUT2D eigenvalue weighted by atomic mass is 10.0. The molecule has 0 bridgehead atoms. The van der Waals surface area contributed by atoms with E-state index in [1.54, 1.807) is 23.1 Å². The van der Waals surface area contributed by atoms with E-state index < -0.39 is 11.6 Å². The smallest absolute Gasteiger partial charge is 0.322 e. The van der Waals surface area contributed by atoms with Gasteiger partial charge in [0.05, 0.1) is 0 Å². The van der Waals surface area contributed by atoms with Crippen LogP contribution in [0.4, 0.5) is 19.3 Å². The number of hydrogen-bond acceptors (Lipinski definition) is 3. The van der Waals surface area contributed by atoms with Crippen LogP contribution in [0, 0.1) is 25.5 Å². The number of nitrogens with one attached hydrogen (secondary N) is 1. The Morgan fingerprint density at radius 2 is 1.94 bits per heavy atom. The van der Waals surface area contributed by atoms with Gasteiger partial charge >= 0.3 is 6.03 Å². The lowest BCUT2D eigenvalue weighted by Gasteiger charge is -2.23. The SMILES string of the molecule is Cc1ccc(NC(=O)N2CCC[C@H]2c2nc3cc(-c4ccc(F)cc4F)ccc3o2)c(C)c1. The Hall–Kier alpha value is -3.74. The number of rotatable bonds is 3. The molecule has 33 heavy (non-hydrogen) atoms. The first-order valence-electron chi connectivity index (χ1n) is 10.9. The van der Waals surface area contributed by atoms with Crippen LogP contribution >= 0.6 is 0 Å². The highest BCUT2D eigenvalue weighted by Gasteiger charge is 2.34. The van der Waals surface area contributed by atoms with Gasteiger partial charge in [-0.15, -0.1) is 0 Å². The van der Waals surface area contributed by atoms with Gasteiger partial charge in [0.25, 0.3) is 0 Å². The van der Waals surface area contributed by atoms with E-state index in [9.17, 15) is 13.6 Å². The number of likely N-dealkylation sites (tertiary alicyclic amines) is 1. The molecule has 0 saturated carbocycles. The Morgan fingerprint density at radius 3 is 2.73 bits per heavy atom. The zero-order valence-electron chi connectivity index (χ0n) is 18.4. The predicted octanol–water partition coefficient (Wildman–Crippen LogP) is 6.76. The first kappa shape index (κ1) is 21.1. The fraction of sp³-hybridized carbons (Fsp3) is 0.231. The van der Waals surface area contributed by atoms with Crippen LogP contribution in [0.2, 0.25) is 0 Å². The molecule has 0 aliphatic carbocycles. The monoisotopic (exact) mass is 447 g/mol. The summed E-state index contributed by atoms with van der Waals surface area (Å²) in [4.78, 5) is 19.4. The average Bonchev–Trinajstić information content (AvgIpc) is 3.42. The van der Waals surface area contributed by atoms with E-state index >= 15 is 0 Å². The van der Waals surface area contributed by atoms with Gasteiger partial charge in [-0.3, -0.25) is 0 Å². The predicted molar refractivity (Wildman–Crippen MR) is 123 cm³/mol. The molecular weight excluding hydrogens is 424 g/mol. The number of fused-ring (bicyclic) bond motifs is 1. The molecule has 0 unspecified atom stereocenters. The molecule has 1 atom stereocenters. The fourth-order valence-corrected chi connectivity index (χ4v) is 4.39. The minimum absolute atomic E-state index is 0.194. The van der Waals surface area contributed by atoms with E-state index in [4.69, 9.17) is 4.42 Å². The first-order chi connectivity index (χ1) is 15.9. The van der Waals surface area contributed by atoms with Gasteiger partial charge in [0.1, 0.15) is 23.2 Å². The molecule has 1 aliphatic rings. The minimum Gasteiger partial charge on any atom is -0.438 e. The summed E-state index contributed by atoms with van der Waals surface area (Å²) in [5, 5.41) is 3.00. The molecule has 5 nitrogen and oxygen atoms in total. The van der Waals surface area contributed by atoms with E-state index in [1.165, 1.54) is 12.1 Å². The van der Waals surface area contributed by atoms with Crippen molar-refractivity contribution in [3.05, 3.63) is 83.2 Å². The number of urea groups is 1. The zero-order chi connectivity index (χ0) is 23.1. The summed E-state index contributed by atoms with van der Waals surface area (Å²) in [6.07, 6.45) is 1.59. The molecular formula is C26H23F2N3O2. The number of hydrogen-bond donors (Lipinski definition) is 1. The Morgan fingerprint density at radius 1 is 1.09 bits per heavy atom. The number of oxazole rings is 1. The number of anilines is 1. The van der Waals surface area contributed by atoms with Gasteiger partial charge in [-0.25, -0.2) is 18.6 Å². The molecule has 1 aromatic heterocycles. The van der Waals surface area contributed by atoms with Crippen molar-refractivity contribution in [1.82, 2.24) is 9.88 Å². The van der Waals surface area contributed by atoms with Gasteiger partial charge in [-0.05, 0) is 68.1 Å². The van der Waals surface area contributed by atoms with Crippen molar-refractivity contribution < 1.29 is 18.0 Å². The third-order valence-electron chi connectivity index (χ3n) is 6.07. The van der Waals surface area contributed by atoms with Crippen molar-refractivity contribution in [2.75, 3.05) is 11.9 Å². The van der Waals surface area contributed by atoms with Crippen LogP contribution in [0.5, 0.6) is 0 Å². The lowest BCUT2D eigenvalue weighted by molar-refractivity contribution is 0.199. The molecule has 1 saturated heterocycles. The highest BCUT2D eigenvalue weighted by molar-refractivity contribution is 5.90. The van der Waals surface area contributed by atoms with Crippen LogP contribution in [-0.4, -0.2) is 22.5 Å². The summed E-state index contributed by atoms with van der Waals surface area (Å²) < 4.78 is 33.5. The third kappa shape index (κ3) is 4.06. The van der Waals surface area contributed by atoms with Crippen molar-refractivity contribution in [3.8, 4) is 11.1 Å². The quantitative estimate of drug-likeness (QED) is 0.378. The van der Waals surface area contributed by atoms with Crippen LogP contribution in [0.15, 0.2) is 59.0 Å². The number of halogens is 2. The third-order valence-corrected chi connectivity index (χ3v) is 6.07. The molecule has 1 N–H and O–H groups in total. The van der Waals surface area contributed by atoms with Gasteiger partial charge in [-0.1, -0.05) is 23.8 Å².